The van der Waals surface area contributed by atoms with Crippen molar-refractivity contribution < 1.29 is 9.53 Å². The van der Waals surface area contributed by atoms with E-state index in [2.05, 4.69) is 17.3 Å². The standard InChI is InChI=1S/C15H28N2O2/c1-16-15(14(18)19-3)10-6-9-13(11-15)17(2)12-7-4-5-8-12/h12-13,16H,4-11H2,1-3H3. The van der Waals surface area contributed by atoms with E-state index in [1.54, 1.807) is 0 Å². The Hall–Kier alpha value is -0.610. The molecule has 0 bridgehead atoms. The van der Waals surface area contributed by atoms with E-state index < -0.39 is 5.54 Å². The number of likely N-dealkylation sites (N-methyl/N-ethyl adjacent to an activating group) is 1. The van der Waals surface area contributed by atoms with Crippen molar-refractivity contribution >= 4 is 5.97 Å². The van der Waals surface area contributed by atoms with Crippen LogP contribution >= 0.6 is 0 Å². The molecule has 0 aromatic rings. The van der Waals surface area contributed by atoms with E-state index in [1.165, 1.54) is 39.2 Å². The van der Waals surface area contributed by atoms with Crippen molar-refractivity contribution in [3.63, 3.8) is 0 Å². The maximum absolute atomic E-state index is 12.1. The summed E-state index contributed by atoms with van der Waals surface area (Å²) in [5.74, 6) is -0.0977. The molecule has 2 aliphatic rings. The fourth-order valence-electron chi connectivity index (χ4n) is 3.91. The quantitative estimate of drug-likeness (QED) is 0.791. The second-order valence-corrected chi connectivity index (χ2v) is 6.18. The number of nitrogens with one attached hydrogen (secondary N) is 1. The molecule has 0 saturated heterocycles. The first-order valence-electron chi connectivity index (χ1n) is 7.62. The van der Waals surface area contributed by atoms with Crippen LogP contribution in [0.3, 0.4) is 0 Å². The summed E-state index contributed by atoms with van der Waals surface area (Å²) in [7, 11) is 5.62. The highest BCUT2D eigenvalue weighted by Gasteiger charge is 2.44. The summed E-state index contributed by atoms with van der Waals surface area (Å²) in [6.07, 6.45) is 9.42. The molecule has 0 radical (unpaired) electrons. The Morgan fingerprint density at radius 3 is 2.42 bits per heavy atom. The van der Waals surface area contributed by atoms with Gasteiger partial charge in [0.25, 0.3) is 0 Å². The highest BCUT2D eigenvalue weighted by atomic mass is 16.5. The van der Waals surface area contributed by atoms with E-state index in [-0.39, 0.29) is 5.97 Å². The van der Waals surface area contributed by atoms with Crippen LogP contribution in [-0.4, -0.2) is 49.7 Å². The molecule has 110 valence electrons. The molecule has 2 atom stereocenters. The predicted octanol–water partition coefficient (Wildman–Crippen LogP) is 1.93. The van der Waals surface area contributed by atoms with Crippen molar-refractivity contribution in [1.29, 1.82) is 0 Å². The van der Waals surface area contributed by atoms with Gasteiger partial charge in [0.05, 0.1) is 7.11 Å². The monoisotopic (exact) mass is 268 g/mol. The molecule has 2 saturated carbocycles. The third-order valence-electron chi connectivity index (χ3n) is 5.26. The van der Waals surface area contributed by atoms with Crippen molar-refractivity contribution in [2.45, 2.75) is 69.0 Å². The summed E-state index contributed by atoms with van der Waals surface area (Å²) >= 11 is 0. The zero-order valence-corrected chi connectivity index (χ0v) is 12.6. The van der Waals surface area contributed by atoms with Crippen LogP contribution in [0.25, 0.3) is 0 Å². The van der Waals surface area contributed by atoms with Gasteiger partial charge in [-0.2, -0.15) is 0 Å². The maximum atomic E-state index is 12.1. The molecule has 2 fully saturated rings. The molecule has 2 rings (SSSR count). The number of carbonyl (C=O) groups is 1. The third-order valence-corrected chi connectivity index (χ3v) is 5.26. The van der Waals surface area contributed by atoms with Crippen molar-refractivity contribution in [3.05, 3.63) is 0 Å². The van der Waals surface area contributed by atoms with Crippen LogP contribution < -0.4 is 5.32 Å². The first kappa shape index (κ1) is 14.8. The fraction of sp³-hybridized carbons (Fsp3) is 0.933. The highest BCUT2D eigenvalue weighted by Crippen LogP contribution is 2.34. The Bertz CT molecular complexity index is 315. The van der Waals surface area contributed by atoms with Crippen molar-refractivity contribution in [3.8, 4) is 0 Å². The van der Waals surface area contributed by atoms with Gasteiger partial charge in [-0.25, -0.2) is 0 Å². The van der Waals surface area contributed by atoms with Crippen LogP contribution in [0.5, 0.6) is 0 Å². The van der Waals surface area contributed by atoms with E-state index in [0.717, 1.165) is 25.3 Å². The molecule has 2 unspecified atom stereocenters. The minimum atomic E-state index is -0.468. The smallest absolute Gasteiger partial charge is 0.326 e. The first-order chi connectivity index (χ1) is 9.13. The molecule has 4 heteroatoms. The Balaban J connectivity index is 2.04. The van der Waals surface area contributed by atoms with Gasteiger partial charge in [-0.3, -0.25) is 4.79 Å². The summed E-state index contributed by atoms with van der Waals surface area (Å²) in [4.78, 5) is 14.6. The summed E-state index contributed by atoms with van der Waals surface area (Å²) in [6.45, 7) is 0. The van der Waals surface area contributed by atoms with E-state index in [4.69, 9.17) is 4.74 Å². The SMILES string of the molecule is CNC1(C(=O)OC)CCCC(N(C)C2CCCC2)C1. The lowest BCUT2D eigenvalue weighted by molar-refractivity contribution is -0.151. The minimum Gasteiger partial charge on any atom is -0.468 e. The van der Waals surface area contributed by atoms with Gasteiger partial charge in [-0.05, 0) is 52.6 Å². The highest BCUT2D eigenvalue weighted by molar-refractivity contribution is 5.81. The largest absolute Gasteiger partial charge is 0.468 e. The molecule has 0 aliphatic heterocycles. The average Bonchev–Trinajstić information content (AvgIpc) is 2.99. The normalized spacial score (nSPS) is 32.7. The molecule has 0 aromatic heterocycles. The topological polar surface area (TPSA) is 41.6 Å². The molecule has 0 heterocycles. The Kier molecular flexibility index (Phi) is 4.85. The van der Waals surface area contributed by atoms with Gasteiger partial charge in [0.1, 0.15) is 5.54 Å². The van der Waals surface area contributed by atoms with Crippen LogP contribution in [0.15, 0.2) is 0 Å². The van der Waals surface area contributed by atoms with E-state index in [0.29, 0.717) is 6.04 Å². The van der Waals surface area contributed by atoms with Gasteiger partial charge < -0.3 is 15.0 Å². The molecule has 0 aromatic carbocycles. The van der Waals surface area contributed by atoms with Crippen molar-refractivity contribution in [2.75, 3.05) is 21.2 Å². The number of rotatable bonds is 4. The fourth-order valence-corrected chi connectivity index (χ4v) is 3.91. The predicted molar refractivity (Wildman–Crippen MR) is 76.1 cm³/mol. The van der Waals surface area contributed by atoms with Crippen LogP contribution in [0.2, 0.25) is 0 Å². The van der Waals surface area contributed by atoms with Crippen molar-refractivity contribution in [2.24, 2.45) is 0 Å². The minimum absolute atomic E-state index is 0.0977. The molecular weight excluding hydrogens is 240 g/mol. The molecule has 0 spiro atoms. The number of methoxy groups -OCH3 is 1. The summed E-state index contributed by atoms with van der Waals surface area (Å²) in [5, 5.41) is 3.24. The summed E-state index contributed by atoms with van der Waals surface area (Å²) in [6, 6.07) is 1.22. The Morgan fingerprint density at radius 1 is 1.21 bits per heavy atom. The molecule has 2 aliphatic carbocycles. The average molecular weight is 268 g/mol. The summed E-state index contributed by atoms with van der Waals surface area (Å²) < 4.78 is 5.02. The number of carbonyl (C=O) groups excluding carboxylic acids is 1. The van der Waals surface area contributed by atoms with Gasteiger partial charge in [0, 0.05) is 12.1 Å². The van der Waals surface area contributed by atoms with Crippen LogP contribution in [-0.2, 0) is 9.53 Å². The van der Waals surface area contributed by atoms with Gasteiger partial charge in [-0.15, -0.1) is 0 Å². The number of ether oxygens (including phenoxy) is 1. The van der Waals surface area contributed by atoms with Gasteiger partial charge >= 0.3 is 5.97 Å². The number of hydrogen-bond acceptors (Lipinski definition) is 4. The van der Waals surface area contributed by atoms with Crippen LogP contribution in [0.1, 0.15) is 51.4 Å². The molecule has 1 N–H and O–H groups in total. The van der Waals surface area contributed by atoms with Gasteiger partial charge in [0.2, 0.25) is 0 Å². The molecular formula is C15H28N2O2. The lowest BCUT2D eigenvalue weighted by atomic mass is 9.78. The van der Waals surface area contributed by atoms with Gasteiger partial charge in [-0.1, -0.05) is 12.8 Å². The number of hydrogen-bond donors (Lipinski definition) is 1. The maximum Gasteiger partial charge on any atom is 0.326 e. The van der Waals surface area contributed by atoms with Gasteiger partial charge in [0.15, 0.2) is 0 Å². The lowest BCUT2D eigenvalue weighted by Gasteiger charge is -2.43. The zero-order valence-electron chi connectivity index (χ0n) is 12.6. The van der Waals surface area contributed by atoms with Crippen molar-refractivity contribution in [1.82, 2.24) is 10.2 Å². The lowest BCUT2D eigenvalue weighted by Crippen LogP contribution is -2.58. The number of esters is 1. The Morgan fingerprint density at radius 2 is 1.84 bits per heavy atom. The molecule has 19 heavy (non-hydrogen) atoms. The summed E-state index contributed by atoms with van der Waals surface area (Å²) in [5.41, 5.74) is -0.468. The molecule has 4 nitrogen and oxygen atoms in total. The third kappa shape index (κ3) is 2.95. The van der Waals surface area contributed by atoms with E-state index in [9.17, 15) is 4.79 Å². The zero-order chi connectivity index (χ0) is 13.9. The van der Waals surface area contributed by atoms with E-state index in [1.807, 2.05) is 7.05 Å². The second kappa shape index (κ2) is 6.23. The molecule has 0 amide bonds. The second-order valence-electron chi connectivity index (χ2n) is 6.18. The van der Waals surface area contributed by atoms with Crippen LogP contribution in [0, 0.1) is 0 Å². The van der Waals surface area contributed by atoms with Crippen LogP contribution in [0.4, 0.5) is 0 Å². The first-order valence-corrected chi connectivity index (χ1v) is 7.62. The van der Waals surface area contributed by atoms with E-state index >= 15 is 0 Å². The Labute approximate surface area is 116 Å². The number of nitrogens with zero attached hydrogens (tertiary/aromatic N) is 1.